The van der Waals surface area contributed by atoms with Crippen LogP contribution in [0.1, 0.15) is 0 Å². The maximum atomic E-state index is 6.03. The van der Waals surface area contributed by atoms with Gasteiger partial charge in [0.05, 0.1) is 26.5 Å². The molecule has 0 aromatic heterocycles. The average molecular weight is 321 g/mol. The van der Waals surface area contributed by atoms with E-state index in [0.717, 1.165) is 31.1 Å². The van der Waals surface area contributed by atoms with Gasteiger partial charge in [-0.1, -0.05) is 0 Å². The predicted octanol–water partition coefficient (Wildman–Crippen LogP) is 0.676. The summed E-state index contributed by atoms with van der Waals surface area (Å²) in [5, 5.41) is 3.09. The first-order valence-electron chi connectivity index (χ1n) is 7.71. The first-order valence-corrected chi connectivity index (χ1v) is 7.71. The number of nitrogens with zero attached hydrogens (tertiary/aromatic N) is 3. The van der Waals surface area contributed by atoms with Crippen LogP contribution in [0.5, 0.6) is 11.5 Å². The van der Waals surface area contributed by atoms with Gasteiger partial charge in [0.25, 0.3) is 0 Å². The molecule has 0 amide bonds. The zero-order chi connectivity index (χ0) is 16.8. The molecule has 7 nitrogen and oxygen atoms in total. The third-order valence-corrected chi connectivity index (χ3v) is 4.12. The Kier molecular flexibility index (Phi) is 6.06. The number of nitrogens with two attached hydrogens (primary N) is 1. The van der Waals surface area contributed by atoms with Crippen LogP contribution in [-0.2, 0) is 0 Å². The largest absolute Gasteiger partial charge is 0.497 e. The van der Waals surface area contributed by atoms with Crippen LogP contribution in [-0.4, -0.2) is 76.3 Å². The quantitative estimate of drug-likeness (QED) is 0.613. The van der Waals surface area contributed by atoms with Crippen LogP contribution in [0, 0.1) is 0 Å². The minimum atomic E-state index is 0.373. The van der Waals surface area contributed by atoms with Crippen molar-refractivity contribution in [3.05, 3.63) is 18.2 Å². The average Bonchev–Trinajstić information content (AvgIpc) is 2.55. The smallest absolute Gasteiger partial charge is 0.193 e. The van der Waals surface area contributed by atoms with Gasteiger partial charge in [-0.15, -0.1) is 0 Å². The fourth-order valence-electron chi connectivity index (χ4n) is 2.59. The number of ether oxygens (including phenoxy) is 2. The van der Waals surface area contributed by atoms with E-state index in [1.165, 1.54) is 0 Å². The molecule has 1 saturated heterocycles. The third kappa shape index (κ3) is 4.74. The van der Waals surface area contributed by atoms with E-state index in [9.17, 15) is 0 Å². The Hall–Kier alpha value is -1.99. The molecular weight excluding hydrogens is 294 g/mol. The van der Waals surface area contributed by atoms with Crippen molar-refractivity contribution in [1.82, 2.24) is 9.80 Å². The molecule has 0 radical (unpaired) electrons. The van der Waals surface area contributed by atoms with Gasteiger partial charge in [0, 0.05) is 31.7 Å². The van der Waals surface area contributed by atoms with Gasteiger partial charge in [-0.05, 0) is 26.2 Å². The van der Waals surface area contributed by atoms with Crippen molar-refractivity contribution in [2.24, 2.45) is 10.7 Å². The number of benzene rings is 1. The van der Waals surface area contributed by atoms with E-state index in [0.29, 0.717) is 24.3 Å². The van der Waals surface area contributed by atoms with Crippen molar-refractivity contribution < 1.29 is 9.47 Å². The number of anilines is 1. The molecule has 0 saturated carbocycles. The van der Waals surface area contributed by atoms with Gasteiger partial charge in [0.1, 0.15) is 11.5 Å². The molecule has 1 unspecified atom stereocenters. The van der Waals surface area contributed by atoms with Crippen LogP contribution in [0.25, 0.3) is 0 Å². The van der Waals surface area contributed by atoms with Gasteiger partial charge >= 0.3 is 0 Å². The molecule has 1 aliphatic heterocycles. The van der Waals surface area contributed by atoms with E-state index in [2.05, 4.69) is 34.2 Å². The number of rotatable bonds is 5. The molecule has 0 aliphatic carbocycles. The molecule has 0 bridgehead atoms. The molecule has 1 heterocycles. The monoisotopic (exact) mass is 321 g/mol. The molecule has 0 spiro atoms. The standard InChI is InChI=1S/C16H27N5O2/c1-20-7-8-21(2)12(11-20)10-18-16(17)19-14-9-13(22-3)5-6-15(14)23-4/h5-6,9,12H,7-8,10-11H2,1-4H3,(H3,17,18,19). The van der Waals surface area contributed by atoms with Crippen LogP contribution in [0.2, 0.25) is 0 Å². The fraction of sp³-hybridized carbons (Fsp3) is 0.562. The van der Waals surface area contributed by atoms with Gasteiger partial charge in [-0.3, -0.25) is 9.89 Å². The molecular formula is C16H27N5O2. The third-order valence-electron chi connectivity index (χ3n) is 4.12. The van der Waals surface area contributed by atoms with Crippen LogP contribution < -0.4 is 20.5 Å². The number of aliphatic imine (C=N–C) groups is 1. The summed E-state index contributed by atoms with van der Waals surface area (Å²) >= 11 is 0. The van der Waals surface area contributed by atoms with Gasteiger partial charge in [0.2, 0.25) is 0 Å². The lowest BCUT2D eigenvalue weighted by molar-refractivity contribution is 0.119. The first kappa shape index (κ1) is 17.4. The minimum Gasteiger partial charge on any atom is -0.497 e. The maximum Gasteiger partial charge on any atom is 0.193 e. The second-order valence-electron chi connectivity index (χ2n) is 5.81. The number of nitrogens with one attached hydrogen (secondary N) is 1. The van der Waals surface area contributed by atoms with Crippen LogP contribution in [0.3, 0.4) is 0 Å². The molecule has 128 valence electrons. The predicted molar refractivity (Wildman–Crippen MR) is 93.6 cm³/mol. The van der Waals surface area contributed by atoms with E-state index < -0.39 is 0 Å². The van der Waals surface area contributed by atoms with Crippen LogP contribution in [0.4, 0.5) is 5.69 Å². The number of likely N-dealkylation sites (N-methyl/N-ethyl adjacent to an activating group) is 2. The molecule has 1 fully saturated rings. The highest BCUT2D eigenvalue weighted by Crippen LogP contribution is 2.28. The zero-order valence-corrected chi connectivity index (χ0v) is 14.4. The summed E-state index contributed by atoms with van der Waals surface area (Å²) in [5.74, 6) is 1.80. The number of hydrogen-bond donors (Lipinski definition) is 2. The van der Waals surface area contributed by atoms with Gasteiger partial charge in [-0.2, -0.15) is 0 Å². The number of hydrogen-bond acceptors (Lipinski definition) is 5. The summed E-state index contributed by atoms with van der Waals surface area (Å²) in [6, 6.07) is 5.88. The van der Waals surface area contributed by atoms with E-state index in [-0.39, 0.29) is 0 Å². The van der Waals surface area contributed by atoms with Crippen molar-refractivity contribution in [1.29, 1.82) is 0 Å². The molecule has 1 aliphatic rings. The van der Waals surface area contributed by atoms with Crippen molar-refractivity contribution in [3.8, 4) is 11.5 Å². The highest BCUT2D eigenvalue weighted by Gasteiger charge is 2.21. The molecule has 1 atom stereocenters. The van der Waals surface area contributed by atoms with Crippen molar-refractivity contribution in [2.45, 2.75) is 6.04 Å². The molecule has 1 aromatic rings. The Labute approximate surface area is 138 Å². The van der Waals surface area contributed by atoms with Gasteiger partial charge < -0.3 is 25.4 Å². The highest BCUT2D eigenvalue weighted by molar-refractivity contribution is 5.94. The Morgan fingerprint density at radius 3 is 2.78 bits per heavy atom. The zero-order valence-electron chi connectivity index (χ0n) is 14.4. The lowest BCUT2D eigenvalue weighted by Gasteiger charge is -2.36. The lowest BCUT2D eigenvalue weighted by atomic mass is 10.2. The first-order chi connectivity index (χ1) is 11.0. The molecule has 23 heavy (non-hydrogen) atoms. The number of guanidine groups is 1. The molecule has 7 heteroatoms. The van der Waals surface area contributed by atoms with Gasteiger partial charge in [-0.25, -0.2) is 0 Å². The Balaban J connectivity index is 2.01. The lowest BCUT2D eigenvalue weighted by Crippen LogP contribution is -2.51. The Morgan fingerprint density at radius 2 is 2.09 bits per heavy atom. The molecule has 1 aromatic carbocycles. The number of piperazine rings is 1. The van der Waals surface area contributed by atoms with E-state index >= 15 is 0 Å². The minimum absolute atomic E-state index is 0.373. The summed E-state index contributed by atoms with van der Waals surface area (Å²) in [5.41, 5.74) is 6.77. The van der Waals surface area contributed by atoms with Crippen molar-refractivity contribution in [2.75, 3.05) is 59.8 Å². The second kappa shape index (κ2) is 8.03. The van der Waals surface area contributed by atoms with Crippen LogP contribution >= 0.6 is 0 Å². The Bertz CT molecular complexity index is 549. The van der Waals surface area contributed by atoms with E-state index in [4.69, 9.17) is 15.2 Å². The summed E-state index contributed by atoms with van der Waals surface area (Å²) in [7, 11) is 7.50. The summed E-state index contributed by atoms with van der Waals surface area (Å²) in [6.07, 6.45) is 0. The molecule has 2 rings (SSSR count). The number of methoxy groups -OCH3 is 2. The topological polar surface area (TPSA) is 75.3 Å². The van der Waals surface area contributed by atoms with Crippen LogP contribution in [0.15, 0.2) is 23.2 Å². The second-order valence-corrected chi connectivity index (χ2v) is 5.81. The fourth-order valence-corrected chi connectivity index (χ4v) is 2.59. The maximum absolute atomic E-state index is 6.03. The van der Waals surface area contributed by atoms with Crippen molar-refractivity contribution >= 4 is 11.6 Å². The SMILES string of the molecule is COc1ccc(OC)c(NC(N)=NCC2CN(C)CCN2C)c1. The van der Waals surface area contributed by atoms with E-state index in [1.807, 2.05) is 18.2 Å². The normalized spacial score (nSPS) is 20.3. The summed E-state index contributed by atoms with van der Waals surface area (Å²) < 4.78 is 10.6. The van der Waals surface area contributed by atoms with Gasteiger partial charge in [0.15, 0.2) is 5.96 Å². The highest BCUT2D eigenvalue weighted by atomic mass is 16.5. The molecule has 3 N–H and O–H groups in total. The summed E-state index contributed by atoms with van der Waals surface area (Å²) in [4.78, 5) is 9.11. The van der Waals surface area contributed by atoms with Crippen molar-refractivity contribution in [3.63, 3.8) is 0 Å². The Morgan fingerprint density at radius 1 is 1.30 bits per heavy atom. The summed E-state index contributed by atoms with van der Waals surface area (Å²) in [6.45, 7) is 3.79. The van der Waals surface area contributed by atoms with E-state index in [1.54, 1.807) is 14.2 Å².